The first-order valence-electron chi connectivity index (χ1n) is 10.9. The second-order valence-corrected chi connectivity index (χ2v) is 10.2. The number of aliphatic hydroxyl groups excluding tert-OH is 1. The van der Waals surface area contributed by atoms with Crippen molar-refractivity contribution in [2.24, 2.45) is 0 Å². The number of sulfone groups is 1. The molecule has 0 saturated heterocycles. The first-order chi connectivity index (χ1) is 17.3. The van der Waals surface area contributed by atoms with E-state index in [0.717, 1.165) is 17.2 Å². The topological polar surface area (TPSA) is 123 Å². The predicted molar refractivity (Wildman–Crippen MR) is 131 cm³/mol. The van der Waals surface area contributed by atoms with Gasteiger partial charge in [-0.05, 0) is 37.3 Å². The van der Waals surface area contributed by atoms with Crippen LogP contribution in [-0.4, -0.2) is 67.7 Å². The molecule has 0 fully saturated rings. The van der Waals surface area contributed by atoms with Crippen molar-refractivity contribution >= 4 is 32.5 Å². The first-order valence-corrected chi connectivity index (χ1v) is 12.8. The molecule has 198 valence electrons. The fraction of sp³-hybridized carbons (Fsp3) is 0.333. The van der Waals surface area contributed by atoms with E-state index in [-0.39, 0.29) is 40.2 Å². The van der Waals surface area contributed by atoms with Gasteiger partial charge in [0.25, 0.3) is 5.91 Å². The van der Waals surface area contributed by atoms with Gasteiger partial charge in [-0.3, -0.25) is 4.79 Å². The highest BCUT2D eigenvalue weighted by Gasteiger charge is 2.29. The number of alkyl halides is 3. The van der Waals surface area contributed by atoms with Gasteiger partial charge in [-0.2, -0.15) is 13.2 Å². The Bertz CT molecular complexity index is 1470. The molecule has 0 radical (unpaired) electrons. The van der Waals surface area contributed by atoms with Crippen molar-refractivity contribution in [1.29, 1.82) is 0 Å². The lowest BCUT2D eigenvalue weighted by Gasteiger charge is -2.12. The number of halogens is 3. The molecule has 1 heterocycles. The maximum Gasteiger partial charge on any atom is 0.406 e. The summed E-state index contributed by atoms with van der Waals surface area (Å²) in [7, 11) is -2.03. The maximum atomic E-state index is 13.1. The third kappa shape index (κ3) is 7.14. The van der Waals surface area contributed by atoms with Gasteiger partial charge >= 0.3 is 6.18 Å². The number of aliphatic hydroxyl groups is 1. The molecule has 2 aromatic carbocycles. The monoisotopic (exact) mass is 538 g/mol. The fourth-order valence-corrected chi connectivity index (χ4v) is 4.06. The summed E-state index contributed by atoms with van der Waals surface area (Å²) in [5, 5.41) is 14.7. The molecular formula is C24H25F3N4O5S. The number of imidazole rings is 1. The Kier molecular flexibility index (Phi) is 8.35. The van der Waals surface area contributed by atoms with E-state index in [4.69, 9.17) is 4.74 Å². The van der Waals surface area contributed by atoms with Crippen molar-refractivity contribution in [2.45, 2.75) is 30.6 Å². The summed E-state index contributed by atoms with van der Waals surface area (Å²) in [5.74, 6) is 5.40. The Labute approximate surface area is 211 Å². The van der Waals surface area contributed by atoms with Gasteiger partial charge in [0.15, 0.2) is 9.84 Å². The quantitative estimate of drug-likeness (QED) is 0.377. The fourth-order valence-electron chi connectivity index (χ4n) is 3.42. The number of hydrogen-bond acceptors (Lipinski definition) is 7. The highest BCUT2D eigenvalue weighted by atomic mass is 32.2. The number of carbonyl (C=O) groups is 1. The number of benzene rings is 2. The summed E-state index contributed by atoms with van der Waals surface area (Å²) in [5.41, 5.74) is 0.797. The van der Waals surface area contributed by atoms with Crippen molar-refractivity contribution in [3.63, 3.8) is 0 Å². The number of nitrogens with zero attached hydrogens (tertiary/aromatic N) is 2. The zero-order chi connectivity index (χ0) is 27.4. The number of ether oxygens (including phenoxy) is 1. The SMILES string of the molecule is COc1ccc(S(C)(=O)=O)cc1NCC#Cc1cc(C(=O)NC(C)CO)c2ncn(CC(F)(F)F)c2c1. The minimum absolute atomic E-state index is 0.0125. The maximum absolute atomic E-state index is 13.1. The number of amides is 1. The van der Waals surface area contributed by atoms with Crippen molar-refractivity contribution in [2.75, 3.05) is 31.8 Å². The van der Waals surface area contributed by atoms with E-state index in [9.17, 15) is 31.5 Å². The van der Waals surface area contributed by atoms with Crippen molar-refractivity contribution in [3.8, 4) is 17.6 Å². The second kappa shape index (κ2) is 11.1. The molecule has 3 N–H and O–H groups in total. The summed E-state index contributed by atoms with van der Waals surface area (Å²) >= 11 is 0. The summed E-state index contributed by atoms with van der Waals surface area (Å²) in [4.78, 5) is 16.8. The lowest BCUT2D eigenvalue weighted by molar-refractivity contribution is -0.139. The van der Waals surface area contributed by atoms with Crippen LogP contribution in [0.1, 0.15) is 22.8 Å². The van der Waals surface area contributed by atoms with Crippen LogP contribution in [0.15, 0.2) is 41.6 Å². The number of nitrogens with one attached hydrogen (secondary N) is 2. The number of fused-ring (bicyclic) bond motifs is 1. The molecule has 0 aliphatic rings. The highest BCUT2D eigenvalue weighted by molar-refractivity contribution is 7.90. The zero-order valence-electron chi connectivity index (χ0n) is 20.2. The number of hydrogen-bond donors (Lipinski definition) is 3. The Balaban J connectivity index is 1.95. The van der Waals surface area contributed by atoms with Crippen molar-refractivity contribution < 1.29 is 36.2 Å². The smallest absolute Gasteiger partial charge is 0.406 e. The van der Waals surface area contributed by atoms with E-state index in [1.807, 2.05) is 0 Å². The average molecular weight is 539 g/mol. The molecule has 37 heavy (non-hydrogen) atoms. The van der Waals surface area contributed by atoms with Crippen molar-refractivity contribution in [1.82, 2.24) is 14.9 Å². The van der Waals surface area contributed by atoms with Crippen molar-refractivity contribution in [3.05, 3.63) is 47.8 Å². The Morgan fingerprint density at radius 3 is 2.62 bits per heavy atom. The third-order valence-electron chi connectivity index (χ3n) is 5.17. The average Bonchev–Trinajstić information content (AvgIpc) is 3.21. The number of anilines is 1. The number of methoxy groups -OCH3 is 1. The lowest BCUT2D eigenvalue weighted by atomic mass is 10.1. The van der Waals surface area contributed by atoms with Gasteiger partial charge in [-0.15, -0.1) is 0 Å². The molecule has 9 nitrogen and oxygen atoms in total. The van der Waals surface area contributed by atoms with Gasteiger partial charge in [0, 0.05) is 17.9 Å². The van der Waals surface area contributed by atoms with E-state index in [1.54, 1.807) is 6.92 Å². The van der Waals surface area contributed by atoms with Gasteiger partial charge in [-0.1, -0.05) is 11.8 Å². The van der Waals surface area contributed by atoms with Crippen LogP contribution < -0.4 is 15.4 Å². The molecule has 0 bridgehead atoms. The molecule has 0 aliphatic heterocycles. The van der Waals surface area contributed by atoms with Gasteiger partial charge in [0.1, 0.15) is 17.8 Å². The number of aromatic nitrogens is 2. The summed E-state index contributed by atoms with van der Waals surface area (Å²) in [6.45, 7) is -0.0225. The Morgan fingerprint density at radius 1 is 1.27 bits per heavy atom. The zero-order valence-corrected chi connectivity index (χ0v) is 21.0. The molecule has 1 aromatic heterocycles. The summed E-state index contributed by atoms with van der Waals surface area (Å²) in [6, 6.07) is 6.54. The Hall–Kier alpha value is -3.76. The van der Waals surface area contributed by atoms with E-state index < -0.39 is 34.5 Å². The third-order valence-corrected chi connectivity index (χ3v) is 6.28. The lowest BCUT2D eigenvalue weighted by Crippen LogP contribution is -2.35. The van der Waals surface area contributed by atoms with E-state index in [2.05, 4.69) is 27.5 Å². The molecule has 13 heteroatoms. The molecule has 1 amide bonds. The van der Waals surface area contributed by atoms with Crippen LogP contribution in [0.4, 0.5) is 18.9 Å². The van der Waals surface area contributed by atoms with E-state index in [1.165, 1.54) is 37.4 Å². The van der Waals surface area contributed by atoms with Crippen LogP contribution >= 0.6 is 0 Å². The van der Waals surface area contributed by atoms with Crippen LogP contribution in [0, 0.1) is 11.8 Å². The van der Waals surface area contributed by atoms with E-state index >= 15 is 0 Å². The second-order valence-electron chi connectivity index (χ2n) is 8.23. The van der Waals surface area contributed by atoms with Gasteiger partial charge in [0.2, 0.25) is 0 Å². The largest absolute Gasteiger partial charge is 0.495 e. The van der Waals surface area contributed by atoms with Crippen LogP contribution in [0.5, 0.6) is 5.75 Å². The standard InChI is InChI=1S/C24H25F3N4O5S/c1-15(12-32)30-23(33)18-9-16(10-20-22(18)29-14-31(20)13-24(25,26)27)5-4-8-28-19-11-17(37(3,34)35)6-7-21(19)36-2/h6-7,9-11,14-15,28,32H,8,12-13H2,1-3H3,(H,30,33). The van der Waals surface area contributed by atoms with E-state index in [0.29, 0.717) is 11.4 Å². The Morgan fingerprint density at radius 2 is 2.00 bits per heavy atom. The van der Waals surface area contributed by atoms with Gasteiger partial charge in [-0.25, -0.2) is 13.4 Å². The first kappa shape index (κ1) is 27.8. The molecule has 3 rings (SSSR count). The summed E-state index contributed by atoms with van der Waals surface area (Å²) < 4.78 is 69.0. The molecule has 0 saturated carbocycles. The summed E-state index contributed by atoms with van der Waals surface area (Å²) in [6.07, 6.45) is -2.43. The minimum Gasteiger partial charge on any atom is -0.495 e. The van der Waals surface area contributed by atoms with Crippen LogP contribution in [-0.2, 0) is 16.4 Å². The molecule has 0 aliphatic carbocycles. The minimum atomic E-state index is -4.51. The molecule has 3 aromatic rings. The van der Waals surface area contributed by atoms with Crippen LogP contribution in [0.25, 0.3) is 11.0 Å². The molecule has 1 unspecified atom stereocenters. The number of carbonyl (C=O) groups excluding carboxylic acids is 1. The highest BCUT2D eigenvalue weighted by Crippen LogP contribution is 2.27. The van der Waals surface area contributed by atoms with Gasteiger partial charge in [0.05, 0.1) is 48.3 Å². The normalized spacial score (nSPS) is 12.5. The predicted octanol–water partition coefficient (Wildman–Crippen LogP) is 2.58. The van der Waals surface area contributed by atoms with Crippen LogP contribution in [0.3, 0.4) is 0 Å². The van der Waals surface area contributed by atoms with Crippen LogP contribution in [0.2, 0.25) is 0 Å². The molecule has 0 spiro atoms. The molecule has 1 atom stereocenters. The van der Waals surface area contributed by atoms with Gasteiger partial charge < -0.3 is 25.0 Å². The number of rotatable bonds is 8. The molecular weight excluding hydrogens is 513 g/mol.